The first-order chi connectivity index (χ1) is 21.9. The van der Waals surface area contributed by atoms with Crippen LogP contribution in [0.25, 0.3) is 11.1 Å². The predicted octanol–water partition coefficient (Wildman–Crippen LogP) is 2.49. The van der Waals surface area contributed by atoms with Crippen molar-refractivity contribution in [3.05, 3.63) is 65.2 Å². The zero-order valence-corrected chi connectivity index (χ0v) is 28.6. The van der Waals surface area contributed by atoms with Crippen LogP contribution in [0, 0.1) is 18.8 Å². The van der Waals surface area contributed by atoms with Crippen LogP contribution < -0.4 is 38.5 Å². The number of amides is 2. The zero-order chi connectivity index (χ0) is 34.2. The molecule has 10 nitrogen and oxygen atoms in total. The van der Waals surface area contributed by atoms with Crippen molar-refractivity contribution in [1.29, 1.82) is 0 Å². The van der Waals surface area contributed by atoms with E-state index in [1.54, 1.807) is 6.07 Å². The fourth-order valence-corrected chi connectivity index (χ4v) is 5.40. The van der Waals surface area contributed by atoms with E-state index in [1.807, 2.05) is 32.2 Å². The van der Waals surface area contributed by atoms with Gasteiger partial charge in [0.15, 0.2) is 0 Å². The highest BCUT2D eigenvalue weighted by Crippen LogP contribution is 2.30. The lowest BCUT2D eigenvalue weighted by molar-refractivity contribution is -0.126. The lowest BCUT2D eigenvalue weighted by Gasteiger charge is -2.22. The SMILES string of the molecule is C=C(C)[C@H](CCCNC)NC(=O)C(N)Cc1cc(-c2ccc(C)c(CC(C(=O)NCCCNC(CN)CN)C(C)C)c2)ccc1O. The molecule has 0 aliphatic carbocycles. The normalized spacial score (nSPS) is 13.4. The molecule has 0 bridgehead atoms. The predicted molar refractivity (Wildman–Crippen MR) is 189 cm³/mol. The van der Waals surface area contributed by atoms with E-state index in [4.69, 9.17) is 17.2 Å². The van der Waals surface area contributed by atoms with Crippen LogP contribution in [-0.2, 0) is 22.4 Å². The first kappa shape index (κ1) is 38.9. The minimum absolute atomic E-state index is 0.0455. The van der Waals surface area contributed by atoms with Crippen LogP contribution in [0.4, 0.5) is 0 Å². The summed E-state index contributed by atoms with van der Waals surface area (Å²) in [6, 6.07) is 10.7. The second-order valence-electron chi connectivity index (χ2n) is 12.8. The van der Waals surface area contributed by atoms with Gasteiger partial charge in [0, 0.05) is 44.1 Å². The van der Waals surface area contributed by atoms with Gasteiger partial charge in [-0.05, 0) is 106 Å². The second-order valence-corrected chi connectivity index (χ2v) is 12.8. The fraction of sp³-hybridized carbons (Fsp3) is 0.556. The van der Waals surface area contributed by atoms with Gasteiger partial charge < -0.3 is 43.6 Å². The van der Waals surface area contributed by atoms with Gasteiger partial charge in [-0.2, -0.15) is 0 Å². The Balaban J connectivity index is 2.13. The Hall–Kier alpha value is -3.28. The molecule has 0 aliphatic heterocycles. The Morgan fingerprint density at radius 1 is 0.913 bits per heavy atom. The molecule has 2 amide bonds. The van der Waals surface area contributed by atoms with Crippen molar-refractivity contribution < 1.29 is 14.7 Å². The van der Waals surface area contributed by atoms with Crippen LogP contribution in [0.2, 0.25) is 0 Å². The minimum atomic E-state index is -0.829. The molecule has 0 saturated heterocycles. The van der Waals surface area contributed by atoms with Crippen molar-refractivity contribution in [3.63, 3.8) is 0 Å². The first-order valence-electron chi connectivity index (χ1n) is 16.6. The summed E-state index contributed by atoms with van der Waals surface area (Å²) in [6.45, 7) is 15.3. The van der Waals surface area contributed by atoms with Gasteiger partial charge in [0.05, 0.1) is 6.04 Å². The Kier molecular flexibility index (Phi) is 17.0. The second kappa shape index (κ2) is 20.1. The van der Waals surface area contributed by atoms with Crippen LogP contribution in [0.1, 0.15) is 56.7 Å². The Morgan fingerprint density at radius 2 is 1.57 bits per heavy atom. The number of nitrogens with two attached hydrogens (primary N) is 3. The van der Waals surface area contributed by atoms with Crippen molar-refractivity contribution in [3.8, 4) is 16.9 Å². The third-order valence-corrected chi connectivity index (χ3v) is 8.61. The van der Waals surface area contributed by atoms with Crippen molar-refractivity contribution in [2.75, 3.05) is 39.8 Å². The molecule has 0 spiro atoms. The van der Waals surface area contributed by atoms with Crippen molar-refractivity contribution in [1.82, 2.24) is 21.3 Å². The standard InChI is InChI=1S/C36H59N7O3/c1-23(2)31(35(45)42-16-8-15-41-30(21-37)22-38)19-28-17-26(11-10-25(28)5)27-12-13-34(44)29(18-27)20-32(39)36(46)43-33(24(3)4)9-7-14-40-6/h10-13,17-18,23,30-33,40-41,44H,3,7-9,14-16,19-22,37-39H2,1-2,4-6H3,(H,42,45)(H,43,46)/t31?,32?,33-/m0/s1. The van der Waals surface area contributed by atoms with E-state index in [-0.39, 0.29) is 47.9 Å². The van der Waals surface area contributed by atoms with Crippen LogP contribution in [0.3, 0.4) is 0 Å². The molecule has 2 aromatic carbocycles. The number of hydrogen-bond donors (Lipinski definition) is 8. The van der Waals surface area contributed by atoms with Gasteiger partial charge in [0.2, 0.25) is 11.8 Å². The molecule has 3 atom stereocenters. The maximum Gasteiger partial charge on any atom is 0.237 e. The molecule has 2 aromatic rings. The summed E-state index contributed by atoms with van der Waals surface area (Å²) >= 11 is 0. The van der Waals surface area contributed by atoms with Gasteiger partial charge >= 0.3 is 0 Å². The summed E-state index contributed by atoms with van der Waals surface area (Å²) < 4.78 is 0. The number of rotatable bonds is 21. The third kappa shape index (κ3) is 12.5. The highest BCUT2D eigenvalue weighted by molar-refractivity contribution is 5.83. The third-order valence-electron chi connectivity index (χ3n) is 8.61. The van der Waals surface area contributed by atoms with Gasteiger partial charge in [-0.1, -0.05) is 50.3 Å². The maximum atomic E-state index is 13.2. The Labute approximate surface area is 276 Å². The monoisotopic (exact) mass is 637 g/mol. The van der Waals surface area contributed by atoms with Crippen molar-refractivity contribution in [2.24, 2.45) is 29.0 Å². The molecular formula is C36H59N7O3. The van der Waals surface area contributed by atoms with Crippen molar-refractivity contribution >= 4 is 11.8 Å². The van der Waals surface area contributed by atoms with E-state index in [9.17, 15) is 14.7 Å². The number of aryl methyl sites for hydroxylation is 1. The molecule has 46 heavy (non-hydrogen) atoms. The van der Waals surface area contributed by atoms with E-state index >= 15 is 0 Å². The highest BCUT2D eigenvalue weighted by atomic mass is 16.3. The molecule has 0 aromatic heterocycles. The Bertz CT molecular complexity index is 1260. The number of aromatic hydroxyl groups is 1. The number of phenols is 1. The van der Waals surface area contributed by atoms with E-state index in [2.05, 4.69) is 60.8 Å². The zero-order valence-electron chi connectivity index (χ0n) is 28.6. The van der Waals surface area contributed by atoms with Crippen LogP contribution in [-0.4, -0.2) is 74.8 Å². The molecule has 11 N–H and O–H groups in total. The minimum Gasteiger partial charge on any atom is -0.508 e. The molecule has 2 unspecified atom stereocenters. The number of carbonyl (C=O) groups excluding carboxylic acids is 2. The molecule has 256 valence electrons. The van der Waals surface area contributed by atoms with Gasteiger partial charge in [0.25, 0.3) is 0 Å². The smallest absolute Gasteiger partial charge is 0.237 e. The maximum absolute atomic E-state index is 13.2. The van der Waals surface area contributed by atoms with E-state index in [0.717, 1.165) is 60.2 Å². The quantitative estimate of drug-likeness (QED) is 0.0759. The summed E-state index contributed by atoms with van der Waals surface area (Å²) in [5.74, 6) is -0.164. The highest BCUT2D eigenvalue weighted by Gasteiger charge is 2.24. The average Bonchev–Trinajstić information content (AvgIpc) is 3.02. The van der Waals surface area contributed by atoms with E-state index < -0.39 is 6.04 Å². The summed E-state index contributed by atoms with van der Waals surface area (Å²) in [5.41, 5.74) is 23.3. The van der Waals surface area contributed by atoms with Gasteiger partial charge in [0.1, 0.15) is 5.75 Å². The number of benzene rings is 2. The van der Waals surface area contributed by atoms with Gasteiger partial charge in [-0.3, -0.25) is 9.59 Å². The molecule has 0 heterocycles. The molecule has 0 aliphatic rings. The molecule has 10 heteroatoms. The first-order valence-corrected chi connectivity index (χ1v) is 16.6. The number of hydrogen-bond acceptors (Lipinski definition) is 8. The van der Waals surface area contributed by atoms with Gasteiger partial charge in [-0.25, -0.2) is 0 Å². The number of nitrogens with one attached hydrogen (secondary N) is 4. The fourth-order valence-electron chi connectivity index (χ4n) is 5.40. The summed E-state index contributed by atoms with van der Waals surface area (Å²) in [7, 11) is 1.90. The molecule has 2 rings (SSSR count). The van der Waals surface area contributed by atoms with E-state index in [0.29, 0.717) is 31.6 Å². The summed E-state index contributed by atoms with van der Waals surface area (Å²) in [6.07, 6.45) is 3.26. The van der Waals surface area contributed by atoms with Crippen LogP contribution >= 0.6 is 0 Å². The average molecular weight is 638 g/mol. The number of carbonyl (C=O) groups is 2. The summed E-state index contributed by atoms with van der Waals surface area (Å²) in [4.78, 5) is 26.2. The largest absolute Gasteiger partial charge is 0.508 e. The molecular weight excluding hydrogens is 578 g/mol. The van der Waals surface area contributed by atoms with E-state index in [1.165, 1.54) is 0 Å². The van der Waals surface area contributed by atoms with Crippen LogP contribution in [0.5, 0.6) is 5.75 Å². The molecule has 0 radical (unpaired) electrons. The lowest BCUT2D eigenvalue weighted by Crippen LogP contribution is -2.46. The molecule has 0 saturated carbocycles. The van der Waals surface area contributed by atoms with Crippen LogP contribution in [0.15, 0.2) is 48.6 Å². The Morgan fingerprint density at radius 3 is 2.17 bits per heavy atom. The van der Waals surface area contributed by atoms with Gasteiger partial charge in [-0.15, -0.1) is 0 Å². The van der Waals surface area contributed by atoms with Crippen molar-refractivity contribution in [2.45, 2.75) is 77.9 Å². The lowest BCUT2D eigenvalue weighted by atomic mass is 9.85. The number of phenolic OH excluding ortho intramolecular Hbond substituents is 1. The topological polar surface area (TPSA) is 181 Å². The molecule has 0 fully saturated rings. The summed E-state index contributed by atoms with van der Waals surface area (Å²) in [5, 5.41) is 23.2.